The predicted octanol–water partition coefficient (Wildman–Crippen LogP) is -0.154. The first-order valence-corrected chi connectivity index (χ1v) is 5.90. The van der Waals surface area contributed by atoms with Crippen LogP contribution in [-0.4, -0.2) is 49.0 Å². The van der Waals surface area contributed by atoms with Crippen LogP contribution >= 0.6 is 0 Å². The third-order valence-electron chi connectivity index (χ3n) is 2.86. The number of hydrogen-bond donors (Lipinski definition) is 2. The minimum atomic E-state index is -0.132. The summed E-state index contributed by atoms with van der Waals surface area (Å²) in [6.45, 7) is 4.93. The molecule has 1 fully saturated rings. The molecule has 1 aliphatic rings. The summed E-state index contributed by atoms with van der Waals surface area (Å²) in [5.74, 6) is -0.132. The lowest BCUT2D eigenvalue weighted by Crippen LogP contribution is -2.43. The van der Waals surface area contributed by atoms with Gasteiger partial charge in [-0.25, -0.2) is 4.98 Å². The topological polar surface area (TPSA) is 57.3 Å². The van der Waals surface area contributed by atoms with E-state index in [1.807, 2.05) is 12.1 Å². The predicted molar refractivity (Wildman–Crippen MR) is 65.8 cm³/mol. The largest absolute Gasteiger partial charge is 0.354 e. The van der Waals surface area contributed by atoms with Crippen LogP contribution in [0.3, 0.4) is 0 Å². The summed E-state index contributed by atoms with van der Waals surface area (Å²) in [6, 6.07) is 5.59. The molecule has 1 aromatic rings. The molecular formula is C12H18N4O. The average Bonchev–Trinajstić information content (AvgIpc) is 2.39. The molecule has 1 aliphatic heterocycles. The zero-order valence-corrected chi connectivity index (χ0v) is 10.1. The highest BCUT2D eigenvalue weighted by Crippen LogP contribution is 2.04. The SMILES string of the molecule is CNC(=O)c1cccc(CN2CCNCC2)n1. The highest BCUT2D eigenvalue weighted by atomic mass is 16.1. The number of aromatic nitrogens is 1. The van der Waals surface area contributed by atoms with E-state index < -0.39 is 0 Å². The normalized spacial score (nSPS) is 16.8. The van der Waals surface area contributed by atoms with Crippen molar-refractivity contribution in [3.05, 3.63) is 29.6 Å². The van der Waals surface area contributed by atoms with Crippen LogP contribution in [0.25, 0.3) is 0 Å². The van der Waals surface area contributed by atoms with Crippen molar-refractivity contribution in [3.8, 4) is 0 Å². The third-order valence-corrected chi connectivity index (χ3v) is 2.86. The van der Waals surface area contributed by atoms with Crippen molar-refractivity contribution in [2.45, 2.75) is 6.54 Å². The summed E-state index contributed by atoms with van der Waals surface area (Å²) in [7, 11) is 1.62. The summed E-state index contributed by atoms with van der Waals surface area (Å²) < 4.78 is 0. The summed E-state index contributed by atoms with van der Waals surface area (Å²) in [5, 5.41) is 5.90. The maximum absolute atomic E-state index is 11.5. The van der Waals surface area contributed by atoms with Gasteiger partial charge < -0.3 is 10.6 Å². The number of nitrogens with zero attached hydrogens (tertiary/aromatic N) is 2. The standard InChI is InChI=1S/C12H18N4O/c1-13-12(17)11-4-2-3-10(15-11)9-16-7-5-14-6-8-16/h2-4,14H,5-9H2,1H3,(H,13,17). The zero-order valence-electron chi connectivity index (χ0n) is 10.1. The lowest BCUT2D eigenvalue weighted by Gasteiger charge is -2.26. The molecule has 0 aromatic carbocycles. The molecule has 0 radical (unpaired) electrons. The molecule has 0 bridgehead atoms. The van der Waals surface area contributed by atoms with Gasteiger partial charge in [-0.1, -0.05) is 6.07 Å². The van der Waals surface area contributed by atoms with E-state index in [0.717, 1.165) is 38.4 Å². The van der Waals surface area contributed by atoms with Crippen molar-refractivity contribution in [2.75, 3.05) is 33.2 Å². The first-order valence-electron chi connectivity index (χ1n) is 5.90. The highest BCUT2D eigenvalue weighted by molar-refractivity contribution is 5.91. The second-order valence-corrected chi connectivity index (χ2v) is 4.12. The molecule has 1 amide bonds. The van der Waals surface area contributed by atoms with Crippen LogP contribution in [0.4, 0.5) is 0 Å². The Morgan fingerprint density at radius 1 is 1.47 bits per heavy atom. The smallest absolute Gasteiger partial charge is 0.269 e. The van der Waals surface area contributed by atoms with E-state index in [0.29, 0.717) is 5.69 Å². The van der Waals surface area contributed by atoms with Gasteiger partial charge in [-0.05, 0) is 12.1 Å². The van der Waals surface area contributed by atoms with Gasteiger partial charge in [-0.3, -0.25) is 9.69 Å². The van der Waals surface area contributed by atoms with Gasteiger partial charge >= 0.3 is 0 Å². The van der Waals surface area contributed by atoms with Crippen molar-refractivity contribution in [1.29, 1.82) is 0 Å². The molecule has 92 valence electrons. The van der Waals surface area contributed by atoms with E-state index in [-0.39, 0.29) is 5.91 Å². The quantitative estimate of drug-likeness (QED) is 0.763. The number of nitrogens with one attached hydrogen (secondary N) is 2. The molecule has 17 heavy (non-hydrogen) atoms. The maximum atomic E-state index is 11.5. The van der Waals surface area contributed by atoms with E-state index in [1.54, 1.807) is 13.1 Å². The lowest BCUT2D eigenvalue weighted by atomic mass is 10.2. The minimum Gasteiger partial charge on any atom is -0.354 e. The molecule has 0 atom stereocenters. The number of rotatable bonds is 3. The van der Waals surface area contributed by atoms with Crippen LogP contribution in [0.1, 0.15) is 16.2 Å². The fraction of sp³-hybridized carbons (Fsp3) is 0.500. The van der Waals surface area contributed by atoms with E-state index >= 15 is 0 Å². The highest BCUT2D eigenvalue weighted by Gasteiger charge is 2.11. The fourth-order valence-corrected chi connectivity index (χ4v) is 1.92. The molecule has 0 spiro atoms. The van der Waals surface area contributed by atoms with Crippen LogP contribution in [0.2, 0.25) is 0 Å². The third kappa shape index (κ3) is 3.25. The van der Waals surface area contributed by atoms with Gasteiger partial charge in [0.25, 0.3) is 5.91 Å². The first-order chi connectivity index (χ1) is 8.29. The van der Waals surface area contributed by atoms with Crippen LogP contribution < -0.4 is 10.6 Å². The summed E-state index contributed by atoms with van der Waals surface area (Å²) in [6.07, 6.45) is 0. The Morgan fingerprint density at radius 3 is 2.94 bits per heavy atom. The average molecular weight is 234 g/mol. The Labute approximate surface area is 101 Å². The van der Waals surface area contributed by atoms with Crippen LogP contribution in [0.15, 0.2) is 18.2 Å². The lowest BCUT2D eigenvalue weighted by molar-refractivity contribution is 0.0957. The van der Waals surface area contributed by atoms with Gasteiger partial charge in [0.1, 0.15) is 5.69 Å². The number of piperazine rings is 1. The molecule has 0 saturated carbocycles. The molecule has 1 saturated heterocycles. The molecular weight excluding hydrogens is 216 g/mol. The van der Waals surface area contributed by atoms with Crippen LogP contribution in [0.5, 0.6) is 0 Å². The van der Waals surface area contributed by atoms with Gasteiger partial charge in [0, 0.05) is 39.8 Å². The molecule has 2 heterocycles. The van der Waals surface area contributed by atoms with Crippen molar-refractivity contribution in [2.24, 2.45) is 0 Å². The van der Waals surface area contributed by atoms with E-state index in [2.05, 4.69) is 20.5 Å². The number of carbonyl (C=O) groups excluding carboxylic acids is 1. The Balaban J connectivity index is 2.02. The molecule has 5 nitrogen and oxygen atoms in total. The van der Waals surface area contributed by atoms with Gasteiger partial charge in [-0.15, -0.1) is 0 Å². The molecule has 0 aliphatic carbocycles. The van der Waals surface area contributed by atoms with Gasteiger partial charge in [0.2, 0.25) is 0 Å². The molecule has 5 heteroatoms. The number of carbonyl (C=O) groups is 1. The molecule has 2 N–H and O–H groups in total. The van der Waals surface area contributed by atoms with E-state index in [9.17, 15) is 4.79 Å². The molecule has 0 unspecified atom stereocenters. The van der Waals surface area contributed by atoms with E-state index in [4.69, 9.17) is 0 Å². The van der Waals surface area contributed by atoms with Crippen LogP contribution in [-0.2, 0) is 6.54 Å². The molecule has 1 aromatic heterocycles. The van der Waals surface area contributed by atoms with Crippen LogP contribution in [0, 0.1) is 0 Å². The van der Waals surface area contributed by atoms with E-state index in [1.165, 1.54) is 0 Å². The minimum absolute atomic E-state index is 0.132. The van der Waals surface area contributed by atoms with Gasteiger partial charge in [0.05, 0.1) is 5.69 Å². The van der Waals surface area contributed by atoms with Crippen molar-refractivity contribution < 1.29 is 4.79 Å². The summed E-state index contributed by atoms with van der Waals surface area (Å²) >= 11 is 0. The number of amides is 1. The fourth-order valence-electron chi connectivity index (χ4n) is 1.92. The van der Waals surface area contributed by atoms with Crippen molar-refractivity contribution in [1.82, 2.24) is 20.5 Å². The summed E-state index contributed by atoms with van der Waals surface area (Å²) in [4.78, 5) is 18.2. The maximum Gasteiger partial charge on any atom is 0.269 e. The molecule has 2 rings (SSSR count). The van der Waals surface area contributed by atoms with Crippen molar-refractivity contribution >= 4 is 5.91 Å². The monoisotopic (exact) mass is 234 g/mol. The number of hydrogen-bond acceptors (Lipinski definition) is 4. The van der Waals surface area contributed by atoms with Crippen molar-refractivity contribution in [3.63, 3.8) is 0 Å². The Hall–Kier alpha value is -1.46. The second-order valence-electron chi connectivity index (χ2n) is 4.12. The Kier molecular flexibility index (Phi) is 4.06. The first kappa shape index (κ1) is 12.0. The second kappa shape index (κ2) is 5.75. The van der Waals surface area contributed by atoms with Gasteiger partial charge in [0.15, 0.2) is 0 Å². The zero-order chi connectivity index (χ0) is 12.1. The van der Waals surface area contributed by atoms with Gasteiger partial charge in [-0.2, -0.15) is 0 Å². The Morgan fingerprint density at radius 2 is 2.24 bits per heavy atom. The summed E-state index contributed by atoms with van der Waals surface area (Å²) in [5.41, 5.74) is 1.44. The Bertz CT molecular complexity index is 388. The number of pyridine rings is 1.